The second-order valence-corrected chi connectivity index (χ2v) is 7.11. The molecule has 4 heteroatoms. The fourth-order valence-corrected chi connectivity index (χ4v) is 4.78. The summed E-state index contributed by atoms with van der Waals surface area (Å²) >= 11 is 1.72. The van der Waals surface area contributed by atoms with E-state index < -0.39 is 5.97 Å². The number of carbonyl (C=O) groups is 1. The van der Waals surface area contributed by atoms with Crippen LogP contribution >= 0.6 is 11.8 Å². The number of hydrogen-bond donors (Lipinski definition) is 1. The summed E-state index contributed by atoms with van der Waals surface area (Å²) in [6.07, 6.45) is 6.95. The zero-order valence-electron chi connectivity index (χ0n) is 11.5. The van der Waals surface area contributed by atoms with Gasteiger partial charge in [-0.05, 0) is 37.8 Å². The van der Waals surface area contributed by atoms with E-state index in [1.54, 1.807) is 23.9 Å². The highest BCUT2D eigenvalue weighted by Crippen LogP contribution is 2.44. The number of thioether (sulfide) groups is 1. The first-order valence-electron chi connectivity index (χ1n) is 7.31. The largest absolute Gasteiger partial charge is 0.478 e. The Labute approximate surface area is 123 Å². The van der Waals surface area contributed by atoms with Crippen LogP contribution in [0.15, 0.2) is 29.2 Å². The van der Waals surface area contributed by atoms with Gasteiger partial charge in [-0.2, -0.15) is 0 Å². The molecule has 1 aliphatic heterocycles. The van der Waals surface area contributed by atoms with Crippen molar-refractivity contribution in [2.24, 2.45) is 0 Å². The fraction of sp³-hybridized carbons (Fsp3) is 0.562. The van der Waals surface area contributed by atoms with Crippen LogP contribution in [0.3, 0.4) is 0 Å². The van der Waals surface area contributed by atoms with Gasteiger partial charge < -0.3 is 9.84 Å². The predicted octanol–water partition coefficient (Wildman–Crippen LogP) is 3.97. The quantitative estimate of drug-likeness (QED) is 0.915. The maximum absolute atomic E-state index is 11.3. The van der Waals surface area contributed by atoms with Gasteiger partial charge >= 0.3 is 5.97 Å². The molecular weight excluding hydrogens is 272 g/mol. The van der Waals surface area contributed by atoms with Crippen molar-refractivity contribution in [1.29, 1.82) is 0 Å². The minimum absolute atomic E-state index is 0.0914. The molecule has 1 unspecified atom stereocenters. The van der Waals surface area contributed by atoms with Crippen LogP contribution in [0.1, 0.15) is 48.9 Å². The van der Waals surface area contributed by atoms with E-state index in [9.17, 15) is 9.90 Å². The molecule has 0 bridgehead atoms. The first-order chi connectivity index (χ1) is 9.69. The molecule has 3 nitrogen and oxygen atoms in total. The monoisotopic (exact) mass is 292 g/mol. The molecule has 108 valence electrons. The summed E-state index contributed by atoms with van der Waals surface area (Å²) in [5.41, 5.74) is 0.512. The Kier molecular flexibility index (Phi) is 4.03. The molecule has 1 atom stereocenters. The van der Waals surface area contributed by atoms with E-state index >= 15 is 0 Å². The summed E-state index contributed by atoms with van der Waals surface area (Å²) < 4.78 is 6.04. The SMILES string of the molecule is O=C(O)c1ccccc1SC1CCOC2(CCCC2)C1. The van der Waals surface area contributed by atoms with Crippen molar-refractivity contribution in [2.75, 3.05) is 6.61 Å². The van der Waals surface area contributed by atoms with Gasteiger partial charge in [0, 0.05) is 16.8 Å². The van der Waals surface area contributed by atoms with E-state index in [0.29, 0.717) is 10.8 Å². The second-order valence-electron chi connectivity index (χ2n) is 5.77. The highest BCUT2D eigenvalue weighted by atomic mass is 32.2. The lowest BCUT2D eigenvalue weighted by atomic mass is 9.92. The lowest BCUT2D eigenvalue weighted by Crippen LogP contribution is -2.38. The Morgan fingerprint density at radius 3 is 2.80 bits per heavy atom. The molecule has 1 saturated heterocycles. The van der Waals surface area contributed by atoms with E-state index in [0.717, 1.165) is 24.3 Å². The van der Waals surface area contributed by atoms with Crippen LogP contribution < -0.4 is 0 Å². The van der Waals surface area contributed by atoms with E-state index in [4.69, 9.17) is 4.74 Å². The topological polar surface area (TPSA) is 46.5 Å². The molecule has 2 fully saturated rings. The van der Waals surface area contributed by atoms with Gasteiger partial charge in [0.05, 0.1) is 11.2 Å². The second kappa shape index (κ2) is 5.78. The number of carboxylic acids is 1. The molecule has 1 aromatic carbocycles. The standard InChI is InChI=1S/C16H20O3S/c17-15(18)13-5-1-2-6-14(13)20-12-7-10-19-16(11-12)8-3-4-9-16/h1-2,5-6,12H,3-4,7-11H2,(H,17,18). The Balaban J connectivity index is 1.73. The average molecular weight is 292 g/mol. The molecule has 1 aliphatic carbocycles. The van der Waals surface area contributed by atoms with Crippen LogP contribution in [-0.4, -0.2) is 28.5 Å². The van der Waals surface area contributed by atoms with Crippen molar-refractivity contribution in [3.8, 4) is 0 Å². The van der Waals surface area contributed by atoms with Gasteiger partial charge in [0.2, 0.25) is 0 Å². The van der Waals surface area contributed by atoms with Gasteiger partial charge in [-0.25, -0.2) is 4.79 Å². The molecule has 1 aromatic rings. The van der Waals surface area contributed by atoms with E-state index in [1.807, 2.05) is 12.1 Å². The van der Waals surface area contributed by atoms with Gasteiger partial charge in [0.25, 0.3) is 0 Å². The maximum Gasteiger partial charge on any atom is 0.336 e. The molecule has 0 amide bonds. The van der Waals surface area contributed by atoms with Gasteiger partial charge in [0.1, 0.15) is 0 Å². The average Bonchev–Trinajstić information content (AvgIpc) is 2.87. The maximum atomic E-state index is 11.3. The fourth-order valence-electron chi connectivity index (χ4n) is 3.38. The molecule has 1 spiro atoms. The van der Waals surface area contributed by atoms with Gasteiger partial charge in [0.15, 0.2) is 0 Å². The number of benzene rings is 1. The van der Waals surface area contributed by atoms with Gasteiger partial charge in [-0.3, -0.25) is 0 Å². The van der Waals surface area contributed by atoms with Crippen molar-refractivity contribution < 1.29 is 14.6 Å². The number of ether oxygens (including phenoxy) is 1. The van der Waals surface area contributed by atoms with Crippen molar-refractivity contribution >= 4 is 17.7 Å². The minimum Gasteiger partial charge on any atom is -0.478 e. The van der Waals surface area contributed by atoms with E-state index in [-0.39, 0.29) is 5.60 Å². The highest BCUT2D eigenvalue weighted by molar-refractivity contribution is 8.00. The van der Waals surface area contributed by atoms with Crippen LogP contribution in [0, 0.1) is 0 Å². The van der Waals surface area contributed by atoms with E-state index in [2.05, 4.69) is 0 Å². The summed E-state index contributed by atoms with van der Waals surface area (Å²) in [5, 5.41) is 9.74. The molecule has 1 N–H and O–H groups in total. The Hall–Kier alpha value is -1.00. The molecule has 20 heavy (non-hydrogen) atoms. The number of rotatable bonds is 3. The molecule has 0 aromatic heterocycles. The molecule has 1 heterocycles. The Bertz CT molecular complexity index is 494. The molecule has 1 saturated carbocycles. The smallest absolute Gasteiger partial charge is 0.336 e. The summed E-state index contributed by atoms with van der Waals surface area (Å²) in [6, 6.07) is 7.32. The zero-order valence-corrected chi connectivity index (χ0v) is 12.3. The first kappa shape index (κ1) is 14.0. The van der Waals surface area contributed by atoms with E-state index in [1.165, 1.54) is 25.7 Å². The third kappa shape index (κ3) is 2.86. The van der Waals surface area contributed by atoms with Crippen molar-refractivity contribution in [3.63, 3.8) is 0 Å². The summed E-state index contributed by atoms with van der Waals surface area (Å²) in [4.78, 5) is 12.2. The number of carboxylic acid groups (broad SMARTS) is 1. The van der Waals surface area contributed by atoms with Gasteiger partial charge in [-0.15, -0.1) is 11.8 Å². The minimum atomic E-state index is -0.837. The predicted molar refractivity (Wildman–Crippen MR) is 79.4 cm³/mol. The molecular formula is C16H20O3S. The third-order valence-corrected chi connectivity index (χ3v) is 5.72. The summed E-state index contributed by atoms with van der Waals surface area (Å²) in [6.45, 7) is 0.812. The first-order valence-corrected chi connectivity index (χ1v) is 8.19. The Morgan fingerprint density at radius 1 is 1.30 bits per heavy atom. The lowest BCUT2D eigenvalue weighted by Gasteiger charge is -2.38. The van der Waals surface area contributed by atoms with Crippen molar-refractivity contribution in [2.45, 2.75) is 54.3 Å². The zero-order chi connectivity index (χ0) is 14.0. The van der Waals surface area contributed by atoms with Crippen LogP contribution in [0.25, 0.3) is 0 Å². The molecule has 3 rings (SSSR count). The molecule has 2 aliphatic rings. The number of aromatic carboxylic acids is 1. The van der Waals surface area contributed by atoms with Crippen molar-refractivity contribution in [3.05, 3.63) is 29.8 Å². The normalized spacial score (nSPS) is 24.9. The lowest BCUT2D eigenvalue weighted by molar-refractivity contribution is -0.0704. The van der Waals surface area contributed by atoms with Crippen LogP contribution in [0.2, 0.25) is 0 Å². The third-order valence-electron chi connectivity index (χ3n) is 4.37. The summed E-state index contributed by atoms with van der Waals surface area (Å²) in [7, 11) is 0. The van der Waals surface area contributed by atoms with Crippen LogP contribution in [0.4, 0.5) is 0 Å². The molecule has 0 radical (unpaired) electrons. The highest BCUT2D eigenvalue weighted by Gasteiger charge is 2.40. The number of hydrogen-bond acceptors (Lipinski definition) is 3. The van der Waals surface area contributed by atoms with Crippen LogP contribution in [0.5, 0.6) is 0 Å². The Morgan fingerprint density at radius 2 is 2.05 bits per heavy atom. The van der Waals surface area contributed by atoms with Gasteiger partial charge in [-0.1, -0.05) is 25.0 Å². The van der Waals surface area contributed by atoms with Crippen LogP contribution in [-0.2, 0) is 4.74 Å². The summed E-state index contributed by atoms with van der Waals surface area (Å²) in [5.74, 6) is -0.837. The van der Waals surface area contributed by atoms with Crippen molar-refractivity contribution in [1.82, 2.24) is 0 Å².